The maximum absolute atomic E-state index is 14.4. The van der Waals surface area contributed by atoms with E-state index in [1.807, 2.05) is 6.07 Å². The Kier molecular flexibility index (Phi) is 10.5. The van der Waals surface area contributed by atoms with Gasteiger partial charge in [0.1, 0.15) is 24.3 Å². The summed E-state index contributed by atoms with van der Waals surface area (Å²) in [5.74, 6) is -0.650. The molecule has 3 aromatic heterocycles. The molecule has 1 fully saturated rings. The first kappa shape index (κ1) is 37.1. The third-order valence-corrected chi connectivity index (χ3v) is 10.1. The van der Waals surface area contributed by atoms with Crippen LogP contribution >= 0.6 is 22.9 Å². The monoisotopic (exact) mass is 760 g/mol. The highest BCUT2D eigenvalue weighted by atomic mass is 35.5. The van der Waals surface area contributed by atoms with E-state index >= 15 is 0 Å². The molecule has 1 N–H and O–H groups in total. The van der Waals surface area contributed by atoms with Crippen molar-refractivity contribution in [3.63, 3.8) is 0 Å². The summed E-state index contributed by atoms with van der Waals surface area (Å²) < 4.78 is 76.9. The molecule has 4 heterocycles. The van der Waals surface area contributed by atoms with Crippen molar-refractivity contribution in [3.8, 4) is 22.9 Å². The number of fused-ring (bicyclic) bond motifs is 2. The van der Waals surface area contributed by atoms with Crippen molar-refractivity contribution in [2.75, 3.05) is 39.3 Å². The van der Waals surface area contributed by atoms with Gasteiger partial charge in [0.2, 0.25) is 0 Å². The van der Waals surface area contributed by atoms with Gasteiger partial charge in [-0.1, -0.05) is 11.6 Å². The summed E-state index contributed by atoms with van der Waals surface area (Å²) in [5.41, 5.74) is -0.773. The van der Waals surface area contributed by atoms with E-state index < -0.39 is 41.8 Å². The number of hydrogen-bond donors (Lipinski definition) is 1. The lowest BCUT2D eigenvalue weighted by Gasteiger charge is -2.35. The second-order valence-electron chi connectivity index (χ2n) is 12.3. The number of rotatable bonds is 10. The van der Waals surface area contributed by atoms with Crippen molar-refractivity contribution in [1.29, 1.82) is 5.26 Å². The van der Waals surface area contributed by atoms with Gasteiger partial charge in [-0.3, -0.25) is 24.1 Å². The van der Waals surface area contributed by atoms with Crippen LogP contribution in [0, 0.1) is 25.2 Å². The maximum Gasteiger partial charge on any atom is 0.416 e. The number of carboxylic acids is 1. The Labute approximate surface area is 302 Å². The molecule has 0 bridgehead atoms. The highest BCUT2D eigenvalue weighted by Gasteiger charge is 2.37. The van der Waals surface area contributed by atoms with Crippen LogP contribution in [0.25, 0.3) is 32.2 Å². The van der Waals surface area contributed by atoms with Gasteiger partial charge in [0.25, 0.3) is 12.0 Å². The zero-order valence-corrected chi connectivity index (χ0v) is 29.3. The average molecular weight is 761 g/mol. The van der Waals surface area contributed by atoms with Gasteiger partial charge in [-0.25, -0.2) is 18.6 Å². The lowest BCUT2D eigenvalue weighted by Crippen LogP contribution is -2.47. The van der Waals surface area contributed by atoms with Crippen LogP contribution < -0.4 is 10.3 Å². The van der Waals surface area contributed by atoms with Crippen LogP contribution in [0.15, 0.2) is 40.5 Å². The molecular formula is C35H30ClF5N6O4S. The smallest absolute Gasteiger partial charge is 0.416 e. The fraction of sp³-hybridized carbons (Fsp3) is 0.343. The van der Waals surface area contributed by atoms with E-state index in [2.05, 4.69) is 9.97 Å². The van der Waals surface area contributed by atoms with Gasteiger partial charge in [0.05, 0.1) is 50.9 Å². The Hall–Kier alpha value is -4.69. The average Bonchev–Trinajstić information content (AvgIpc) is 3.50. The number of aryl methyl sites for hydroxylation is 2. The number of benzene rings is 2. The third-order valence-electron chi connectivity index (χ3n) is 8.89. The van der Waals surface area contributed by atoms with E-state index in [1.165, 1.54) is 33.1 Å². The summed E-state index contributed by atoms with van der Waals surface area (Å²) in [7, 11) is 0. The van der Waals surface area contributed by atoms with Crippen LogP contribution in [0.3, 0.4) is 0 Å². The van der Waals surface area contributed by atoms with Gasteiger partial charge in [0.15, 0.2) is 0 Å². The number of nitriles is 1. The fourth-order valence-electron chi connectivity index (χ4n) is 6.46. The van der Waals surface area contributed by atoms with Crippen molar-refractivity contribution in [2.24, 2.45) is 0 Å². The first-order chi connectivity index (χ1) is 24.7. The number of thiophene rings is 1. The number of alkyl halides is 5. The summed E-state index contributed by atoms with van der Waals surface area (Å²) in [6.07, 6.45) is -7.40. The summed E-state index contributed by atoms with van der Waals surface area (Å²) in [5, 5.41) is 21.5. The van der Waals surface area contributed by atoms with E-state index in [-0.39, 0.29) is 73.7 Å². The minimum Gasteiger partial charge on any atom is -0.491 e. The first-order valence-corrected chi connectivity index (χ1v) is 17.2. The molecule has 0 saturated carbocycles. The SMILES string of the molecule is Cc1cc(-c2cc(Cl)ccc2OCCn2c(C)nc3cc(C(F)(F)F)c(CN4CCN(CC(F)F)CC4)c(C#N)c3c2=O)c2scc(C(=O)O)c2n1. The van der Waals surface area contributed by atoms with Crippen molar-refractivity contribution in [3.05, 3.63) is 84.9 Å². The Morgan fingerprint density at radius 1 is 1.10 bits per heavy atom. The molecule has 10 nitrogen and oxygen atoms in total. The zero-order valence-electron chi connectivity index (χ0n) is 27.7. The lowest BCUT2D eigenvalue weighted by atomic mass is 9.96. The zero-order chi connectivity index (χ0) is 37.5. The van der Waals surface area contributed by atoms with E-state index in [1.54, 1.807) is 36.1 Å². The van der Waals surface area contributed by atoms with Gasteiger partial charge in [-0.05, 0) is 49.7 Å². The largest absolute Gasteiger partial charge is 0.491 e. The molecule has 2 aromatic carbocycles. The number of carboxylic acid groups (broad SMARTS) is 1. The van der Waals surface area contributed by atoms with Gasteiger partial charge in [-0.15, -0.1) is 11.3 Å². The van der Waals surface area contributed by atoms with E-state index in [0.717, 1.165) is 6.07 Å². The predicted octanol–water partition coefficient (Wildman–Crippen LogP) is 6.99. The molecule has 17 heteroatoms. The highest BCUT2D eigenvalue weighted by Crippen LogP contribution is 2.41. The van der Waals surface area contributed by atoms with Crippen LogP contribution in [0.5, 0.6) is 5.75 Å². The van der Waals surface area contributed by atoms with Gasteiger partial charge >= 0.3 is 12.1 Å². The predicted molar refractivity (Wildman–Crippen MR) is 185 cm³/mol. The number of pyridine rings is 1. The van der Waals surface area contributed by atoms with E-state index in [0.29, 0.717) is 37.8 Å². The van der Waals surface area contributed by atoms with Crippen LogP contribution in [0.4, 0.5) is 22.0 Å². The molecule has 1 aliphatic heterocycles. The maximum atomic E-state index is 14.4. The summed E-state index contributed by atoms with van der Waals surface area (Å²) in [6, 6.07) is 9.30. The summed E-state index contributed by atoms with van der Waals surface area (Å²) in [6.45, 7) is 3.09. The number of piperazine rings is 1. The number of aromatic nitrogens is 3. The molecule has 52 heavy (non-hydrogen) atoms. The van der Waals surface area contributed by atoms with E-state index in [9.17, 15) is 41.9 Å². The number of nitrogens with zero attached hydrogens (tertiary/aromatic N) is 6. The molecule has 6 rings (SSSR count). The molecule has 0 amide bonds. The molecule has 1 saturated heterocycles. The van der Waals surface area contributed by atoms with Crippen molar-refractivity contribution >= 4 is 50.0 Å². The Balaban J connectivity index is 1.33. The number of hydrogen-bond acceptors (Lipinski definition) is 9. The van der Waals surface area contributed by atoms with Crippen molar-refractivity contribution in [1.82, 2.24) is 24.3 Å². The van der Waals surface area contributed by atoms with Gasteiger partial charge in [-0.2, -0.15) is 18.4 Å². The molecule has 272 valence electrons. The topological polar surface area (TPSA) is 125 Å². The molecular weight excluding hydrogens is 731 g/mol. The van der Waals surface area contributed by atoms with Crippen LogP contribution in [-0.4, -0.2) is 81.2 Å². The standard InChI is InChI=1S/C35H30ClF5N6O4S/c1-18-11-22(32-31(43-18)25(17-52-32)34(49)50)21-12-20(36)3-4-28(21)51-10-9-47-19(2)44-27-13-26(35(39,40)41)24(23(14-42)30(27)33(47)48)15-45-5-7-46(8-6-45)16-29(37)38/h3-4,11-13,17,29H,5-10,15-16H2,1-2H3,(H,49,50). The highest BCUT2D eigenvalue weighted by molar-refractivity contribution is 7.18. The fourth-order valence-corrected chi connectivity index (χ4v) is 7.64. The van der Waals surface area contributed by atoms with Crippen LogP contribution in [-0.2, 0) is 19.3 Å². The Morgan fingerprint density at radius 3 is 2.46 bits per heavy atom. The molecule has 0 radical (unpaired) electrons. The number of ether oxygens (including phenoxy) is 1. The van der Waals surface area contributed by atoms with Crippen molar-refractivity contribution < 1.29 is 36.6 Å². The Morgan fingerprint density at radius 2 is 1.81 bits per heavy atom. The molecule has 1 aliphatic rings. The number of aromatic carboxylic acids is 1. The lowest BCUT2D eigenvalue weighted by molar-refractivity contribution is -0.138. The summed E-state index contributed by atoms with van der Waals surface area (Å²) >= 11 is 7.57. The second-order valence-corrected chi connectivity index (χ2v) is 13.6. The number of halogens is 6. The molecule has 0 unspecified atom stereocenters. The molecule has 0 atom stereocenters. The third kappa shape index (κ3) is 7.45. The van der Waals surface area contributed by atoms with Crippen LogP contribution in [0.2, 0.25) is 5.02 Å². The summed E-state index contributed by atoms with van der Waals surface area (Å²) in [4.78, 5) is 37.7. The molecule has 0 spiro atoms. The van der Waals surface area contributed by atoms with Crippen molar-refractivity contribution in [2.45, 2.75) is 39.5 Å². The number of carbonyl (C=O) groups is 1. The van der Waals surface area contributed by atoms with E-state index in [4.69, 9.17) is 16.3 Å². The first-order valence-electron chi connectivity index (χ1n) is 16.0. The quantitative estimate of drug-likeness (QED) is 0.150. The van der Waals surface area contributed by atoms with Gasteiger partial charge in [0, 0.05) is 59.9 Å². The molecule has 5 aromatic rings. The van der Waals surface area contributed by atoms with Gasteiger partial charge < -0.3 is 9.84 Å². The minimum atomic E-state index is -4.86. The minimum absolute atomic E-state index is 0.0581. The normalized spacial score (nSPS) is 14.4. The second kappa shape index (κ2) is 14.7. The molecule has 0 aliphatic carbocycles. The van der Waals surface area contributed by atoms with Crippen LogP contribution in [0.1, 0.15) is 38.6 Å². The Bertz CT molecular complexity index is 2300.